The molecule has 2 N–H and O–H groups in total. The number of aliphatic carboxylic acids is 1. The van der Waals surface area contributed by atoms with E-state index < -0.39 is 29.2 Å². The number of β-lactam (4-membered cyclic amide) rings is 1. The van der Waals surface area contributed by atoms with Crippen molar-refractivity contribution in [2.24, 2.45) is 7.05 Å². The predicted octanol–water partition coefficient (Wildman–Crippen LogP) is 1.03. The summed E-state index contributed by atoms with van der Waals surface area (Å²) in [5, 5.41) is 24.9. The molecule has 2 aromatic rings. The Morgan fingerprint density at radius 1 is 1.37 bits per heavy atom. The van der Waals surface area contributed by atoms with E-state index in [1.54, 1.807) is 18.7 Å². The number of carboxylic acids is 1. The van der Waals surface area contributed by atoms with Crippen LogP contribution in [0.2, 0.25) is 0 Å². The highest BCUT2D eigenvalue weighted by Crippen LogP contribution is 2.41. The maximum Gasteiger partial charge on any atom is 0.352 e. The fourth-order valence-corrected chi connectivity index (χ4v) is 6.52. The van der Waals surface area contributed by atoms with E-state index in [1.165, 1.54) is 46.0 Å². The summed E-state index contributed by atoms with van der Waals surface area (Å²) in [5.74, 6) is -1.10. The van der Waals surface area contributed by atoms with Crippen LogP contribution in [0.3, 0.4) is 0 Å². The molecule has 1 fully saturated rings. The molecular weight excluding hydrogens is 448 g/mol. The van der Waals surface area contributed by atoms with Crippen LogP contribution in [0, 0.1) is 13.8 Å². The fraction of sp³-hybridized carbons (Fsp3) is 0.412. The summed E-state index contributed by atoms with van der Waals surface area (Å²) in [6, 6.07) is -0.767. The first-order chi connectivity index (χ1) is 14.3. The summed E-state index contributed by atoms with van der Waals surface area (Å²) in [5.41, 5.74) is 1.73. The number of carbonyl (C=O) groups excluding carboxylic acids is 2. The zero-order valence-corrected chi connectivity index (χ0v) is 18.7. The second-order valence-corrected chi connectivity index (χ2v) is 10.3. The third-order valence-electron chi connectivity index (χ3n) is 4.89. The van der Waals surface area contributed by atoms with Crippen LogP contribution in [0.4, 0.5) is 0 Å². The van der Waals surface area contributed by atoms with E-state index in [0.29, 0.717) is 28.3 Å². The van der Waals surface area contributed by atoms with E-state index in [1.807, 2.05) is 6.92 Å². The van der Waals surface area contributed by atoms with Gasteiger partial charge in [0, 0.05) is 24.2 Å². The van der Waals surface area contributed by atoms with Gasteiger partial charge in [0.15, 0.2) is 4.34 Å². The molecule has 2 amide bonds. The predicted molar refractivity (Wildman–Crippen MR) is 112 cm³/mol. The molecule has 2 atom stereocenters. The lowest BCUT2D eigenvalue weighted by Crippen LogP contribution is -2.70. The molecular formula is C17H18N6O4S3. The van der Waals surface area contributed by atoms with Crippen molar-refractivity contribution in [1.82, 2.24) is 30.2 Å². The van der Waals surface area contributed by atoms with Crippen molar-refractivity contribution in [3.05, 3.63) is 33.7 Å². The largest absolute Gasteiger partial charge is 0.477 e. The average molecular weight is 467 g/mol. The zero-order chi connectivity index (χ0) is 21.6. The Kier molecular flexibility index (Phi) is 5.59. The lowest BCUT2D eigenvalue weighted by molar-refractivity contribution is -0.148. The van der Waals surface area contributed by atoms with Crippen molar-refractivity contribution in [2.45, 2.75) is 29.6 Å². The highest BCUT2D eigenvalue weighted by molar-refractivity contribution is 8.01. The minimum absolute atomic E-state index is 0.000504. The SMILES string of the molecule is Cc1nnc(SCC2=C(C(=O)O)N3C(=O)[C@@H](NC(=O)c4cnn(C)c4C)[C@@H]3SC2)s1. The van der Waals surface area contributed by atoms with Gasteiger partial charge in [-0.2, -0.15) is 5.10 Å². The van der Waals surface area contributed by atoms with Gasteiger partial charge in [0.05, 0.1) is 11.8 Å². The van der Waals surface area contributed by atoms with E-state index in [4.69, 9.17) is 0 Å². The van der Waals surface area contributed by atoms with Crippen LogP contribution < -0.4 is 5.32 Å². The maximum atomic E-state index is 12.7. The molecule has 4 heterocycles. The summed E-state index contributed by atoms with van der Waals surface area (Å²) < 4.78 is 2.33. The minimum Gasteiger partial charge on any atom is -0.477 e. The van der Waals surface area contributed by atoms with Gasteiger partial charge in [-0.1, -0.05) is 23.1 Å². The molecule has 13 heteroatoms. The molecule has 0 aromatic carbocycles. The summed E-state index contributed by atoms with van der Waals surface area (Å²) in [6.45, 7) is 3.62. The zero-order valence-electron chi connectivity index (χ0n) is 16.3. The van der Waals surface area contributed by atoms with Gasteiger partial charge >= 0.3 is 5.97 Å². The number of aryl methyl sites for hydroxylation is 2. The third kappa shape index (κ3) is 3.61. The fourth-order valence-electron chi connectivity index (χ4n) is 3.22. The molecule has 0 saturated carbocycles. The van der Waals surface area contributed by atoms with Crippen LogP contribution >= 0.6 is 34.9 Å². The van der Waals surface area contributed by atoms with Gasteiger partial charge in [-0.25, -0.2) is 4.79 Å². The summed E-state index contributed by atoms with van der Waals surface area (Å²) in [4.78, 5) is 38.5. The van der Waals surface area contributed by atoms with Crippen LogP contribution in [0.25, 0.3) is 0 Å². The van der Waals surface area contributed by atoms with Gasteiger partial charge in [0.1, 0.15) is 22.1 Å². The Balaban J connectivity index is 1.49. The number of thioether (sulfide) groups is 2. The third-order valence-corrected chi connectivity index (χ3v) is 8.29. The maximum absolute atomic E-state index is 12.7. The first-order valence-electron chi connectivity index (χ1n) is 8.90. The number of hydrogen-bond acceptors (Lipinski definition) is 9. The Morgan fingerprint density at radius 2 is 2.13 bits per heavy atom. The molecule has 0 unspecified atom stereocenters. The van der Waals surface area contributed by atoms with Crippen molar-refractivity contribution in [2.75, 3.05) is 11.5 Å². The lowest BCUT2D eigenvalue weighted by Gasteiger charge is -2.49. The molecule has 0 aliphatic carbocycles. The Morgan fingerprint density at radius 3 is 2.73 bits per heavy atom. The number of rotatable bonds is 6. The Hall–Kier alpha value is -2.38. The second-order valence-electron chi connectivity index (χ2n) is 6.76. The van der Waals surface area contributed by atoms with Crippen molar-refractivity contribution in [3.63, 3.8) is 0 Å². The number of amides is 2. The number of nitrogens with one attached hydrogen (secondary N) is 1. The van der Waals surface area contributed by atoms with Crippen LogP contribution in [-0.4, -0.2) is 70.7 Å². The summed E-state index contributed by atoms with van der Waals surface area (Å²) in [7, 11) is 1.73. The monoisotopic (exact) mass is 466 g/mol. The molecule has 2 aromatic heterocycles. The van der Waals surface area contributed by atoms with Crippen LogP contribution in [-0.2, 0) is 16.6 Å². The molecule has 1 saturated heterocycles. The molecule has 2 aliphatic rings. The van der Waals surface area contributed by atoms with Crippen LogP contribution in [0.15, 0.2) is 21.8 Å². The second kappa shape index (κ2) is 8.04. The normalized spacial score (nSPS) is 20.8. The first-order valence-corrected chi connectivity index (χ1v) is 11.8. The van der Waals surface area contributed by atoms with Gasteiger partial charge in [0.2, 0.25) is 0 Å². The lowest BCUT2D eigenvalue weighted by atomic mass is 10.0. The Bertz CT molecular complexity index is 1080. The number of fused-ring (bicyclic) bond motifs is 1. The molecule has 30 heavy (non-hydrogen) atoms. The number of hydrogen-bond donors (Lipinski definition) is 2. The quantitative estimate of drug-likeness (QED) is 0.473. The summed E-state index contributed by atoms with van der Waals surface area (Å²) >= 11 is 4.29. The molecule has 4 rings (SSSR count). The van der Waals surface area contributed by atoms with Gasteiger partial charge in [-0.15, -0.1) is 22.0 Å². The van der Waals surface area contributed by atoms with E-state index in [2.05, 4.69) is 20.6 Å². The molecule has 2 aliphatic heterocycles. The molecule has 0 spiro atoms. The van der Waals surface area contributed by atoms with Crippen molar-refractivity contribution in [1.29, 1.82) is 0 Å². The van der Waals surface area contributed by atoms with Crippen LogP contribution in [0.5, 0.6) is 0 Å². The van der Waals surface area contributed by atoms with Crippen molar-refractivity contribution in [3.8, 4) is 0 Å². The van der Waals surface area contributed by atoms with Gasteiger partial charge < -0.3 is 10.4 Å². The molecule has 158 valence electrons. The number of carbonyl (C=O) groups is 3. The summed E-state index contributed by atoms with van der Waals surface area (Å²) in [6.07, 6.45) is 1.45. The van der Waals surface area contributed by atoms with E-state index in [0.717, 1.165) is 9.35 Å². The van der Waals surface area contributed by atoms with Crippen molar-refractivity contribution < 1.29 is 19.5 Å². The highest BCUT2D eigenvalue weighted by atomic mass is 32.2. The number of carboxylic acid groups (broad SMARTS) is 1. The molecule has 10 nitrogen and oxygen atoms in total. The van der Waals surface area contributed by atoms with Crippen molar-refractivity contribution >= 4 is 52.6 Å². The standard InChI is InChI=1S/C17H18N6O4S3/c1-7-10(4-18-22(7)3)13(24)19-11-14(25)23-12(16(26)27)9(5-28-15(11)23)6-29-17-21-20-8(2)30-17/h4,11,15H,5-6H2,1-3H3,(H,19,24)(H,26,27)/t11-,15+/m1/s1. The smallest absolute Gasteiger partial charge is 0.352 e. The topological polar surface area (TPSA) is 130 Å². The molecule has 0 bridgehead atoms. The minimum atomic E-state index is -1.15. The van der Waals surface area contributed by atoms with E-state index in [9.17, 15) is 19.5 Å². The van der Waals surface area contributed by atoms with E-state index in [-0.39, 0.29) is 5.70 Å². The number of aromatic nitrogens is 4. The first kappa shape index (κ1) is 20.9. The van der Waals surface area contributed by atoms with Gasteiger partial charge in [-0.05, 0) is 19.4 Å². The average Bonchev–Trinajstić information content (AvgIpc) is 3.28. The van der Waals surface area contributed by atoms with Crippen LogP contribution in [0.1, 0.15) is 21.1 Å². The van der Waals surface area contributed by atoms with E-state index >= 15 is 0 Å². The van der Waals surface area contributed by atoms with Gasteiger partial charge in [0.25, 0.3) is 11.8 Å². The number of nitrogens with zero attached hydrogens (tertiary/aromatic N) is 5. The van der Waals surface area contributed by atoms with Gasteiger partial charge in [-0.3, -0.25) is 19.2 Å². The Labute approximate surface area is 184 Å². The highest BCUT2D eigenvalue weighted by Gasteiger charge is 2.54. The molecule has 0 radical (unpaired) electrons.